The number of thioether (sulfide) groups is 1. The molecule has 1 heterocycles. The number of aromatic nitrogens is 1. The standard InChI is InChI=1S/C14H12ClF2NO3S/c1-3-21-14(20)11-12(19)7-4-8(16)9(17)5-10(7)18-13(11)22-6(2)15/h4-6H,3H2,1-2H3,(H,18,19). The van der Waals surface area contributed by atoms with Crippen LogP contribution in [0.15, 0.2) is 22.0 Å². The molecular weight excluding hydrogens is 336 g/mol. The fourth-order valence-corrected chi connectivity index (χ4v) is 2.95. The molecule has 0 fully saturated rings. The first-order chi connectivity index (χ1) is 10.3. The minimum atomic E-state index is -1.17. The van der Waals surface area contributed by atoms with Gasteiger partial charge in [-0.05, 0) is 19.9 Å². The van der Waals surface area contributed by atoms with Crippen LogP contribution in [-0.4, -0.2) is 22.3 Å². The molecule has 1 aromatic heterocycles. The maximum atomic E-state index is 13.3. The average Bonchev–Trinajstić information content (AvgIpc) is 2.41. The second kappa shape index (κ2) is 6.66. The highest BCUT2D eigenvalue weighted by Gasteiger charge is 2.22. The maximum Gasteiger partial charge on any atom is 0.344 e. The van der Waals surface area contributed by atoms with E-state index in [0.717, 1.165) is 23.9 Å². The van der Waals surface area contributed by atoms with Crippen LogP contribution >= 0.6 is 23.4 Å². The summed E-state index contributed by atoms with van der Waals surface area (Å²) < 4.78 is 31.1. The summed E-state index contributed by atoms with van der Waals surface area (Å²) in [5, 5.41) is 0.0259. The molecule has 0 radical (unpaired) electrons. The highest BCUT2D eigenvalue weighted by molar-refractivity contribution is 8.01. The largest absolute Gasteiger partial charge is 0.462 e. The highest BCUT2D eigenvalue weighted by atomic mass is 35.5. The molecule has 8 heteroatoms. The van der Waals surface area contributed by atoms with Gasteiger partial charge >= 0.3 is 5.97 Å². The summed E-state index contributed by atoms with van der Waals surface area (Å²) in [5.41, 5.74) is -0.916. The molecule has 0 spiro atoms. The number of hydrogen-bond acceptors (Lipinski definition) is 4. The van der Waals surface area contributed by atoms with Crippen LogP contribution in [-0.2, 0) is 4.74 Å². The number of hydrogen-bond donors (Lipinski definition) is 1. The van der Waals surface area contributed by atoms with E-state index in [1.165, 1.54) is 0 Å². The number of benzene rings is 1. The Hall–Kier alpha value is -1.60. The van der Waals surface area contributed by atoms with Gasteiger partial charge in [-0.25, -0.2) is 13.6 Å². The molecule has 1 unspecified atom stereocenters. The van der Waals surface area contributed by atoms with Crippen molar-refractivity contribution >= 4 is 40.2 Å². The molecule has 0 saturated heterocycles. The molecule has 0 saturated carbocycles. The number of carbonyl (C=O) groups excluding carboxylic acids is 1. The lowest BCUT2D eigenvalue weighted by Gasteiger charge is -2.11. The van der Waals surface area contributed by atoms with Crippen LogP contribution in [0.4, 0.5) is 8.78 Å². The molecule has 118 valence electrons. The van der Waals surface area contributed by atoms with E-state index in [-0.39, 0.29) is 28.1 Å². The quantitative estimate of drug-likeness (QED) is 0.521. The van der Waals surface area contributed by atoms with Crippen molar-refractivity contribution in [2.75, 3.05) is 6.61 Å². The third kappa shape index (κ3) is 3.25. The molecule has 0 bridgehead atoms. The van der Waals surface area contributed by atoms with Crippen LogP contribution in [0.2, 0.25) is 0 Å². The number of rotatable bonds is 4. The Labute approximate surface area is 133 Å². The molecule has 0 aliphatic rings. The summed E-state index contributed by atoms with van der Waals surface area (Å²) in [6, 6.07) is 1.62. The first-order valence-corrected chi connectivity index (χ1v) is 7.69. The summed E-state index contributed by atoms with van der Waals surface area (Å²) in [6.07, 6.45) is 0. The molecule has 0 amide bonds. The maximum absolute atomic E-state index is 13.3. The Morgan fingerprint density at radius 1 is 1.41 bits per heavy atom. The number of carbonyl (C=O) groups is 1. The van der Waals surface area contributed by atoms with Gasteiger partial charge in [0.2, 0.25) is 5.43 Å². The Kier molecular flexibility index (Phi) is 5.08. The molecule has 1 atom stereocenters. The van der Waals surface area contributed by atoms with Gasteiger partial charge in [0, 0.05) is 11.5 Å². The van der Waals surface area contributed by atoms with Gasteiger partial charge in [0.05, 0.1) is 21.9 Å². The van der Waals surface area contributed by atoms with E-state index in [9.17, 15) is 18.4 Å². The monoisotopic (exact) mass is 347 g/mol. The highest BCUT2D eigenvalue weighted by Crippen LogP contribution is 2.28. The SMILES string of the molecule is CCOC(=O)c1c(SC(C)Cl)[nH]c2cc(F)c(F)cc2c1=O. The number of halogens is 3. The van der Waals surface area contributed by atoms with Gasteiger partial charge in [0.1, 0.15) is 5.56 Å². The lowest BCUT2D eigenvalue weighted by molar-refractivity contribution is 0.0520. The van der Waals surface area contributed by atoms with E-state index >= 15 is 0 Å². The van der Waals surface area contributed by atoms with Gasteiger partial charge in [-0.3, -0.25) is 4.79 Å². The van der Waals surface area contributed by atoms with Gasteiger partial charge in [0.15, 0.2) is 11.6 Å². The van der Waals surface area contributed by atoms with Gasteiger partial charge in [-0.15, -0.1) is 11.6 Å². The number of fused-ring (bicyclic) bond motifs is 1. The number of ether oxygens (including phenoxy) is 1. The van der Waals surface area contributed by atoms with E-state index in [1.54, 1.807) is 13.8 Å². The number of nitrogens with one attached hydrogen (secondary N) is 1. The van der Waals surface area contributed by atoms with Crippen molar-refractivity contribution in [2.24, 2.45) is 0 Å². The molecule has 1 N–H and O–H groups in total. The normalized spacial score (nSPS) is 12.4. The van der Waals surface area contributed by atoms with Crippen LogP contribution < -0.4 is 5.43 Å². The molecule has 2 rings (SSSR count). The zero-order valence-electron chi connectivity index (χ0n) is 11.7. The molecule has 4 nitrogen and oxygen atoms in total. The average molecular weight is 348 g/mol. The number of alkyl halides is 1. The summed E-state index contributed by atoms with van der Waals surface area (Å²) >= 11 is 6.89. The molecule has 22 heavy (non-hydrogen) atoms. The molecule has 1 aromatic carbocycles. The van der Waals surface area contributed by atoms with Crippen LogP contribution in [0.1, 0.15) is 24.2 Å². The van der Waals surface area contributed by atoms with E-state index in [1.807, 2.05) is 0 Å². The molecule has 0 aliphatic carbocycles. The van der Waals surface area contributed by atoms with Crippen molar-refractivity contribution in [1.82, 2.24) is 4.98 Å². The Bertz CT molecular complexity index is 792. The van der Waals surface area contributed by atoms with Crippen molar-refractivity contribution in [1.29, 1.82) is 0 Å². The van der Waals surface area contributed by atoms with Crippen LogP contribution in [0.3, 0.4) is 0 Å². The van der Waals surface area contributed by atoms with E-state index < -0.39 is 27.7 Å². The van der Waals surface area contributed by atoms with Crippen molar-refractivity contribution < 1.29 is 18.3 Å². The summed E-state index contributed by atoms with van der Waals surface area (Å²) in [7, 11) is 0. The smallest absolute Gasteiger partial charge is 0.344 e. The van der Waals surface area contributed by atoms with E-state index in [2.05, 4.69) is 4.98 Å². The fourth-order valence-electron chi connectivity index (χ4n) is 1.90. The second-order valence-electron chi connectivity index (χ2n) is 4.35. The summed E-state index contributed by atoms with van der Waals surface area (Å²) in [6.45, 7) is 3.32. The molecule has 0 aliphatic heterocycles. The Morgan fingerprint density at radius 3 is 2.64 bits per heavy atom. The van der Waals surface area contributed by atoms with Crippen molar-refractivity contribution in [3.63, 3.8) is 0 Å². The Morgan fingerprint density at radius 2 is 2.05 bits per heavy atom. The zero-order chi connectivity index (χ0) is 16.4. The zero-order valence-corrected chi connectivity index (χ0v) is 13.3. The number of esters is 1. The van der Waals surface area contributed by atoms with Gasteiger partial charge < -0.3 is 9.72 Å². The van der Waals surface area contributed by atoms with Gasteiger partial charge in [-0.2, -0.15) is 0 Å². The predicted molar refractivity (Wildman–Crippen MR) is 81.6 cm³/mol. The van der Waals surface area contributed by atoms with Crippen LogP contribution in [0, 0.1) is 11.6 Å². The van der Waals surface area contributed by atoms with Crippen molar-refractivity contribution in [2.45, 2.75) is 23.6 Å². The first kappa shape index (κ1) is 16.8. The van der Waals surface area contributed by atoms with E-state index in [0.29, 0.717) is 0 Å². The fraction of sp³-hybridized carbons (Fsp3) is 0.286. The van der Waals surface area contributed by atoms with E-state index in [4.69, 9.17) is 16.3 Å². The predicted octanol–water partition coefficient (Wildman–Crippen LogP) is 3.66. The topological polar surface area (TPSA) is 59.2 Å². The van der Waals surface area contributed by atoms with Crippen LogP contribution in [0.5, 0.6) is 0 Å². The van der Waals surface area contributed by atoms with Gasteiger partial charge in [-0.1, -0.05) is 11.8 Å². The lowest BCUT2D eigenvalue weighted by Crippen LogP contribution is -2.21. The van der Waals surface area contributed by atoms with Crippen molar-refractivity contribution in [3.8, 4) is 0 Å². The lowest BCUT2D eigenvalue weighted by atomic mass is 10.1. The number of aromatic amines is 1. The third-order valence-electron chi connectivity index (χ3n) is 2.77. The first-order valence-electron chi connectivity index (χ1n) is 6.38. The Balaban J connectivity index is 2.78. The number of H-pyrrole nitrogens is 1. The third-order valence-corrected chi connectivity index (χ3v) is 3.90. The second-order valence-corrected chi connectivity index (χ2v) is 6.62. The van der Waals surface area contributed by atoms with Gasteiger partial charge in [0.25, 0.3) is 0 Å². The summed E-state index contributed by atoms with van der Waals surface area (Å²) in [4.78, 5) is 27.2. The van der Waals surface area contributed by atoms with Crippen LogP contribution in [0.25, 0.3) is 10.9 Å². The summed E-state index contributed by atoms with van der Waals surface area (Å²) in [5.74, 6) is -3.10. The minimum absolute atomic E-state index is 0.0780. The molecular formula is C14H12ClF2NO3S. The number of pyridine rings is 1. The molecule has 2 aromatic rings. The minimum Gasteiger partial charge on any atom is -0.462 e. The van der Waals surface area contributed by atoms with Crippen molar-refractivity contribution in [3.05, 3.63) is 39.6 Å².